The van der Waals surface area contributed by atoms with E-state index < -0.39 is 18.0 Å². The van der Waals surface area contributed by atoms with Crippen molar-refractivity contribution >= 4 is 5.78 Å². The molecular weight excluding hydrogens is 200 g/mol. The molecule has 0 unspecified atom stereocenters. The third-order valence-corrected chi connectivity index (χ3v) is 2.21. The minimum atomic E-state index is -1.54. The molecule has 82 valence electrons. The number of carbonyl (C=O) groups is 1. The molecule has 0 fully saturated rings. The van der Waals surface area contributed by atoms with E-state index in [0.717, 1.165) is 0 Å². The zero-order valence-electron chi connectivity index (χ0n) is 8.47. The normalized spacial score (nSPS) is 14.7. The molecule has 0 bridgehead atoms. The first kappa shape index (κ1) is 11.8. The lowest BCUT2D eigenvalue weighted by atomic mass is 9.87. The van der Waals surface area contributed by atoms with E-state index in [-0.39, 0.29) is 17.8 Å². The Labute approximate surface area is 87.1 Å². The van der Waals surface area contributed by atoms with Gasteiger partial charge in [-0.1, -0.05) is 18.2 Å². The van der Waals surface area contributed by atoms with Crippen LogP contribution in [0.3, 0.4) is 0 Å². The topological polar surface area (TPSA) is 43.1 Å². The lowest BCUT2D eigenvalue weighted by Gasteiger charge is -2.25. The van der Waals surface area contributed by atoms with Crippen LogP contribution in [0.25, 0.3) is 0 Å². The van der Waals surface area contributed by atoms with Crippen LogP contribution in [0.1, 0.15) is 18.9 Å². The van der Waals surface area contributed by atoms with E-state index >= 15 is 0 Å². The second kappa shape index (κ2) is 4.49. The van der Waals surface area contributed by atoms with E-state index in [9.17, 15) is 13.6 Å². The van der Waals surface area contributed by atoms with Crippen molar-refractivity contribution in [2.75, 3.05) is 6.67 Å². The number of halogens is 2. The molecule has 0 amide bonds. The summed E-state index contributed by atoms with van der Waals surface area (Å²) in [6.45, 7) is 0.339. The number of rotatable bonds is 4. The van der Waals surface area contributed by atoms with Crippen LogP contribution >= 0.6 is 0 Å². The number of benzene rings is 1. The third kappa shape index (κ3) is 2.59. The highest BCUT2D eigenvalue weighted by molar-refractivity contribution is 5.77. The fourth-order valence-electron chi connectivity index (χ4n) is 1.52. The average Bonchev–Trinajstić information content (AvgIpc) is 2.17. The van der Waals surface area contributed by atoms with Gasteiger partial charge in [-0.25, -0.2) is 8.78 Å². The number of nitrogens with two attached hydrogens (primary N) is 1. The maximum Gasteiger partial charge on any atom is 0.132 e. The van der Waals surface area contributed by atoms with Crippen LogP contribution in [0.4, 0.5) is 8.78 Å². The van der Waals surface area contributed by atoms with E-state index in [4.69, 9.17) is 5.73 Å². The van der Waals surface area contributed by atoms with Gasteiger partial charge in [-0.3, -0.25) is 4.79 Å². The van der Waals surface area contributed by atoms with E-state index in [1.807, 2.05) is 0 Å². The second-order valence-electron chi connectivity index (χ2n) is 3.65. The van der Waals surface area contributed by atoms with Crippen LogP contribution in [-0.4, -0.2) is 12.5 Å². The monoisotopic (exact) mass is 213 g/mol. The van der Waals surface area contributed by atoms with Gasteiger partial charge >= 0.3 is 0 Å². The van der Waals surface area contributed by atoms with Crippen molar-refractivity contribution in [3.05, 3.63) is 35.6 Å². The molecule has 4 heteroatoms. The Morgan fingerprint density at radius 3 is 2.53 bits per heavy atom. The Bertz CT molecular complexity index is 367. The Hall–Kier alpha value is -1.29. The van der Waals surface area contributed by atoms with Crippen LogP contribution in [-0.2, 0) is 10.3 Å². The predicted molar refractivity (Wildman–Crippen MR) is 53.5 cm³/mol. The molecule has 15 heavy (non-hydrogen) atoms. The van der Waals surface area contributed by atoms with Crippen LogP contribution in [0.2, 0.25) is 0 Å². The van der Waals surface area contributed by atoms with Crippen LogP contribution in [0.15, 0.2) is 24.3 Å². The van der Waals surface area contributed by atoms with Crippen LogP contribution < -0.4 is 5.73 Å². The first-order valence-electron chi connectivity index (χ1n) is 4.59. The fraction of sp³-hybridized carbons (Fsp3) is 0.364. The molecule has 1 aromatic carbocycles. The smallest absolute Gasteiger partial charge is 0.132 e. The second-order valence-corrected chi connectivity index (χ2v) is 3.65. The van der Waals surface area contributed by atoms with Crippen LogP contribution in [0, 0.1) is 5.82 Å². The van der Waals surface area contributed by atoms with Gasteiger partial charge in [0.05, 0.1) is 5.54 Å². The molecule has 0 saturated heterocycles. The number of ketones is 1. The van der Waals surface area contributed by atoms with Crippen molar-refractivity contribution in [1.82, 2.24) is 0 Å². The Morgan fingerprint density at radius 1 is 1.47 bits per heavy atom. The minimum Gasteiger partial charge on any atom is -0.319 e. The zero-order valence-corrected chi connectivity index (χ0v) is 8.47. The number of Topliss-reactive ketones (excluding diaryl/α,β-unsaturated/α-hetero) is 1. The molecule has 0 aliphatic heterocycles. The van der Waals surface area contributed by atoms with Gasteiger partial charge in [-0.15, -0.1) is 0 Å². The largest absolute Gasteiger partial charge is 0.319 e. The van der Waals surface area contributed by atoms with Gasteiger partial charge in [0.2, 0.25) is 0 Å². The molecule has 2 N–H and O–H groups in total. The Kier molecular flexibility index (Phi) is 3.52. The number of alkyl halides is 1. The molecule has 1 atom stereocenters. The van der Waals surface area contributed by atoms with Gasteiger partial charge < -0.3 is 5.73 Å². The molecule has 0 saturated carbocycles. The van der Waals surface area contributed by atoms with Gasteiger partial charge in [0.25, 0.3) is 0 Å². The zero-order chi connectivity index (χ0) is 11.5. The van der Waals surface area contributed by atoms with Crippen molar-refractivity contribution in [2.45, 2.75) is 18.9 Å². The summed E-state index contributed by atoms with van der Waals surface area (Å²) in [6.07, 6.45) is -0.204. The lowest BCUT2D eigenvalue weighted by Crippen LogP contribution is -2.41. The molecule has 0 aliphatic rings. The highest BCUT2D eigenvalue weighted by Crippen LogP contribution is 2.25. The summed E-state index contributed by atoms with van der Waals surface area (Å²) in [5, 5.41) is 0. The SMILES string of the molecule is CC(=O)C[C@@](N)(CF)c1ccccc1F. The Balaban J connectivity index is 3.11. The summed E-state index contributed by atoms with van der Waals surface area (Å²) in [6, 6.07) is 5.66. The summed E-state index contributed by atoms with van der Waals surface area (Å²) in [7, 11) is 0. The van der Waals surface area contributed by atoms with Gasteiger partial charge in [-0.2, -0.15) is 0 Å². The van der Waals surface area contributed by atoms with Gasteiger partial charge in [0, 0.05) is 12.0 Å². The van der Waals surface area contributed by atoms with Crippen molar-refractivity contribution in [1.29, 1.82) is 0 Å². The molecule has 0 spiro atoms. The maximum absolute atomic E-state index is 13.4. The van der Waals surface area contributed by atoms with E-state index in [0.29, 0.717) is 0 Å². The summed E-state index contributed by atoms with van der Waals surface area (Å²) in [5.74, 6) is -0.850. The molecular formula is C11H13F2NO. The first-order chi connectivity index (χ1) is 6.99. The average molecular weight is 213 g/mol. The summed E-state index contributed by atoms with van der Waals surface area (Å²) in [5.41, 5.74) is 4.18. The molecule has 2 nitrogen and oxygen atoms in total. The number of hydrogen-bond acceptors (Lipinski definition) is 2. The van der Waals surface area contributed by atoms with Crippen molar-refractivity contribution in [3.63, 3.8) is 0 Å². The molecule has 0 heterocycles. The quantitative estimate of drug-likeness (QED) is 0.830. The summed E-state index contributed by atoms with van der Waals surface area (Å²) in [4.78, 5) is 10.9. The molecule has 1 aromatic rings. The standard InChI is InChI=1S/C11H13F2NO/c1-8(15)6-11(14,7-12)9-4-2-3-5-10(9)13/h2-5H,6-7,14H2,1H3/t11-/m1/s1. The highest BCUT2D eigenvalue weighted by atomic mass is 19.1. The minimum absolute atomic E-state index is 0.0442. The molecule has 0 aliphatic carbocycles. The van der Waals surface area contributed by atoms with Gasteiger partial charge in [-0.05, 0) is 13.0 Å². The Morgan fingerprint density at radius 2 is 2.07 bits per heavy atom. The summed E-state index contributed by atoms with van der Waals surface area (Å²) < 4.78 is 26.2. The predicted octanol–water partition coefficient (Wildman–Crippen LogP) is 1.93. The molecule has 0 radical (unpaired) electrons. The van der Waals surface area contributed by atoms with Crippen molar-refractivity contribution < 1.29 is 13.6 Å². The van der Waals surface area contributed by atoms with E-state index in [2.05, 4.69) is 0 Å². The van der Waals surface area contributed by atoms with Gasteiger partial charge in [0.1, 0.15) is 18.3 Å². The highest BCUT2D eigenvalue weighted by Gasteiger charge is 2.31. The summed E-state index contributed by atoms with van der Waals surface area (Å²) >= 11 is 0. The molecule has 0 aromatic heterocycles. The lowest BCUT2D eigenvalue weighted by molar-refractivity contribution is -0.118. The fourth-order valence-corrected chi connectivity index (χ4v) is 1.52. The van der Waals surface area contributed by atoms with E-state index in [1.165, 1.54) is 25.1 Å². The third-order valence-electron chi connectivity index (χ3n) is 2.21. The van der Waals surface area contributed by atoms with Crippen molar-refractivity contribution in [2.24, 2.45) is 5.73 Å². The van der Waals surface area contributed by atoms with Gasteiger partial charge in [0.15, 0.2) is 0 Å². The number of carbonyl (C=O) groups excluding carboxylic acids is 1. The maximum atomic E-state index is 13.4. The first-order valence-corrected chi connectivity index (χ1v) is 4.59. The number of hydrogen-bond donors (Lipinski definition) is 1. The van der Waals surface area contributed by atoms with Crippen LogP contribution in [0.5, 0.6) is 0 Å². The molecule has 1 rings (SSSR count). The van der Waals surface area contributed by atoms with E-state index in [1.54, 1.807) is 6.07 Å². The van der Waals surface area contributed by atoms with Crippen molar-refractivity contribution in [3.8, 4) is 0 Å².